The molecule has 0 saturated carbocycles. The second-order valence-electron chi connectivity index (χ2n) is 6.92. The Morgan fingerprint density at radius 3 is 2.19 bits per heavy atom. The van der Waals surface area contributed by atoms with E-state index in [0.29, 0.717) is 11.4 Å². The molecule has 0 N–H and O–H groups in total. The van der Waals surface area contributed by atoms with Gasteiger partial charge in [-0.3, -0.25) is 4.31 Å². The SMILES string of the molecule is Cc1ccc(S(=O)(=O)N2CC(c3ccccc3)=Cc3ccc(C)cc32)cc1. The van der Waals surface area contributed by atoms with Gasteiger partial charge in [0.2, 0.25) is 0 Å². The fraction of sp³-hybridized carbons (Fsp3) is 0.130. The summed E-state index contributed by atoms with van der Waals surface area (Å²) in [5.74, 6) is 0. The Kier molecular flexibility index (Phi) is 4.36. The first kappa shape index (κ1) is 17.6. The summed E-state index contributed by atoms with van der Waals surface area (Å²) in [5, 5.41) is 0. The molecular formula is C23H21NO2S. The second kappa shape index (κ2) is 6.71. The summed E-state index contributed by atoms with van der Waals surface area (Å²) < 4.78 is 28.4. The van der Waals surface area contributed by atoms with Crippen LogP contribution in [0.2, 0.25) is 0 Å². The van der Waals surface area contributed by atoms with E-state index in [4.69, 9.17) is 0 Å². The molecule has 0 radical (unpaired) electrons. The summed E-state index contributed by atoms with van der Waals surface area (Å²) in [6, 6.07) is 22.9. The molecule has 1 aliphatic heterocycles. The van der Waals surface area contributed by atoms with Crippen molar-refractivity contribution in [2.75, 3.05) is 10.8 Å². The molecule has 0 unspecified atom stereocenters. The number of benzene rings is 3. The van der Waals surface area contributed by atoms with Crippen molar-refractivity contribution >= 4 is 27.4 Å². The summed E-state index contributed by atoms with van der Waals surface area (Å²) in [6.07, 6.45) is 2.09. The number of rotatable bonds is 3. The van der Waals surface area contributed by atoms with Crippen LogP contribution in [0.15, 0.2) is 77.7 Å². The number of hydrogen-bond donors (Lipinski definition) is 0. The lowest BCUT2D eigenvalue weighted by atomic mass is 9.98. The lowest BCUT2D eigenvalue weighted by Crippen LogP contribution is -2.34. The Bertz CT molecular complexity index is 1110. The van der Waals surface area contributed by atoms with Gasteiger partial charge in [0.25, 0.3) is 10.0 Å². The van der Waals surface area contributed by atoms with Crippen LogP contribution < -0.4 is 4.31 Å². The van der Waals surface area contributed by atoms with Gasteiger partial charge in [0.05, 0.1) is 17.1 Å². The number of nitrogens with zero attached hydrogens (tertiary/aromatic N) is 1. The van der Waals surface area contributed by atoms with Gasteiger partial charge in [-0.25, -0.2) is 8.42 Å². The maximum Gasteiger partial charge on any atom is 0.264 e. The van der Waals surface area contributed by atoms with Crippen LogP contribution in [0.3, 0.4) is 0 Å². The highest BCUT2D eigenvalue weighted by atomic mass is 32.2. The second-order valence-corrected chi connectivity index (χ2v) is 8.78. The fourth-order valence-corrected chi connectivity index (χ4v) is 4.80. The molecule has 0 atom stereocenters. The Morgan fingerprint density at radius 2 is 1.48 bits per heavy atom. The van der Waals surface area contributed by atoms with Crippen LogP contribution in [0, 0.1) is 13.8 Å². The van der Waals surface area contributed by atoms with E-state index < -0.39 is 10.0 Å². The first-order valence-electron chi connectivity index (χ1n) is 8.91. The molecule has 0 aliphatic carbocycles. The summed E-state index contributed by atoms with van der Waals surface area (Å²) >= 11 is 0. The molecule has 3 aromatic rings. The van der Waals surface area contributed by atoms with Gasteiger partial charge in [-0.2, -0.15) is 0 Å². The predicted octanol–water partition coefficient (Wildman–Crippen LogP) is 5.05. The Labute approximate surface area is 160 Å². The smallest absolute Gasteiger partial charge is 0.261 e. The van der Waals surface area contributed by atoms with Crippen LogP contribution in [0.4, 0.5) is 5.69 Å². The van der Waals surface area contributed by atoms with Crippen LogP contribution in [0.25, 0.3) is 11.6 Å². The molecule has 136 valence electrons. The lowest BCUT2D eigenvalue weighted by molar-refractivity contribution is 0.593. The third kappa shape index (κ3) is 3.28. The van der Waals surface area contributed by atoms with Crippen LogP contribution >= 0.6 is 0 Å². The zero-order valence-electron chi connectivity index (χ0n) is 15.4. The average Bonchev–Trinajstić information content (AvgIpc) is 2.68. The van der Waals surface area contributed by atoms with E-state index in [2.05, 4.69) is 6.08 Å². The van der Waals surface area contributed by atoms with Gasteiger partial charge in [-0.15, -0.1) is 0 Å². The summed E-state index contributed by atoms with van der Waals surface area (Å²) in [7, 11) is -3.66. The maximum atomic E-state index is 13.4. The highest BCUT2D eigenvalue weighted by Crippen LogP contribution is 2.36. The molecule has 4 heteroatoms. The van der Waals surface area contributed by atoms with Crippen molar-refractivity contribution < 1.29 is 8.42 Å². The standard InChI is InChI=1S/C23H21NO2S/c1-17-9-12-22(13-10-17)27(25,26)24-16-21(19-6-4-3-5-7-19)15-20-11-8-18(2)14-23(20)24/h3-15H,16H2,1-2H3. The number of fused-ring (bicyclic) bond motifs is 1. The number of anilines is 1. The van der Waals surface area contributed by atoms with Crippen LogP contribution in [0.5, 0.6) is 0 Å². The third-order valence-electron chi connectivity index (χ3n) is 4.85. The molecule has 3 nitrogen and oxygen atoms in total. The minimum atomic E-state index is -3.66. The Morgan fingerprint density at radius 1 is 0.815 bits per heavy atom. The van der Waals surface area contributed by atoms with Crippen molar-refractivity contribution in [2.45, 2.75) is 18.7 Å². The van der Waals surface area contributed by atoms with E-state index in [1.54, 1.807) is 12.1 Å². The first-order valence-corrected chi connectivity index (χ1v) is 10.4. The lowest BCUT2D eigenvalue weighted by Gasteiger charge is -2.31. The highest BCUT2D eigenvalue weighted by Gasteiger charge is 2.30. The largest absolute Gasteiger partial charge is 0.264 e. The fourth-order valence-electron chi connectivity index (χ4n) is 3.34. The molecule has 27 heavy (non-hydrogen) atoms. The van der Waals surface area contributed by atoms with Crippen molar-refractivity contribution in [3.8, 4) is 0 Å². The molecule has 1 heterocycles. The summed E-state index contributed by atoms with van der Waals surface area (Å²) in [6.45, 7) is 4.25. The van der Waals surface area contributed by atoms with Gasteiger partial charge in [-0.05, 0) is 60.4 Å². The molecule has 0 bridgehead atoms. The van der Waals surface area contributed by atoms with Gasteiger partial charge in [0.1, 0.15) is 0 Å². The van der Waals surface area contributed by atoms with Crippen LogP contribution in [-0.2, 0) is 10.0 Å². The van der Waals surface area contributed by atoms with Crippen LogP contribution in [-0.4, -0.2) is 15.0 Å². The van der Waals surface area contributed by atoms with E-state index in [1.807, 2.05) is 74.5 Å². The Hall–Kier alpha value is -2.85. The van der Waals surface area contributed by atoms with Gasteiger partial charge in [0, 0.05) is 0 Å². The zero-order valence-corrected chi connectivity index (χ0v) is 16.2. The van der Waals surface area contributed by atoms with Gasteiger partial charge >= 0.3 is 0 Å². The van der Waals surface area contributed by atoms with Crippen molar-refractivity contribution in [3.05, 3.63) is 95.1 Å². The van der Waals surface area contributed by atoms with E-state index in [9.17, 15) is 8.42 Å². The number of sulfonamides is 1. The molecule has 0 fully saturated rings. The molecule has 0 saturated heterocycles. The molecule has 0 aromatic heterocycles. The number of aryl methyl sites for hydroxylation is 2. The van der Waals surface area contributed by atoms with E-state index in [1.165, 1.54) is 4.31 Å². The molecule has 0 spiro atoms. The van der Waals surface area contributed by atoms with Crippen LogP contribution in [0.1, 0.15) is 22.3 Å². The van der Waals surface area contributed by atoms with Crippen molar-refractivity contribution in [2.24, 2.45) is 0 Å². The topological polar surface area (TPSA) is 37.4 Å². The van der Waals surface area contributed by atoms with Gasteiger partial charge in [-0.1, -0.05) is 60.2 Å². The van der Waals surface area contributed by atoms with Crippen molar-refractivity contribution in [1.29, 1.82) is 0 Å². The zero-order chi connectivity index (χ0) is 19.0. The Balaban J connectivity index is 1.86. The normalized spacial score (nSPS) is 13.9. The summed E-state index contributed by atoms with van der Waals surface area (Å²) in [4.78, 5) is 0.315. The minimum Gasteiger partial charge on any atom is -0.261 e. The number of hydrogen-bond acceptors (Lipinski definition) is 2. The van der Waals surface area contributed by atoms with E-state index in [0.717, 1.165) is 33.5 Å². The molecule has 3 aromatic carbocycles. The molecular weight excluding hydrogens is 354 g/mol. The summed E-state index contributed by atoms with van der Waals surface area (Å²) in [5.41, 5.74) is 5.75. The average molecular weight is 375 g/mol. The quantitative estimate of drug-likeness (QED) is 0.642. The third-order valence-corrected chi connectivity index (χ3v) is 6.63. The predicted molar refractivity (Wildman–Crippen MR) is 111 cm³/mol. The van der Waals surface area contributed by atoms with E-state index in [-0.39, 0.29) is 0 Å². The van der Waals surface area contributed by atoms with Gasteiger partial charge in [0.15, 0.2) is 0 Å². The van der Waals surface area contributed by atoms with Gasteiger partial charge < -0.3 is 0 Å². The molecule has 4 rings (SSSR count). The highest BCUT2D eigenvalue weighted by molar-refractivity contribution is 7.92. The van der Waals surface area contributed by atoms with Crippen molar-refractivity contribution in [3.63, 3.8) is 0 Å². The van der Waals surface area contributed by atoms with Crippen molar-refractivity contribution in [1.82, 2.24) is 0 Å². The molecule has 0 amide bonds. The maximum absolute atomic E-state index is 13.4. The monoisotopic (exact) mass is 375 g/mol. The van der Waals surface area contributed by atoms with E-state index >= 15 is 0 Å². The minimum absolute atomic E-state index is 0.315. The molecule has 1 aliphatic rings. The first-order chi connectivity index (χ1) is 12.9.